The van der Waals surface area contributed by atoms with Crippen molar-refractivity contribution in [3.63, 3.8) is 0 Å². The van der Waals surface area contributed by atoms with E-state index in [0.717, 1.165) is 29.2 Å². The fraction of sp³-hybridized carbons (Fsp3) is 0.263. The summed E-state index contributed by atoms with van der Waals surface area (Å²) in [5.41, 5.74) is 4.14. The summed E-state index contributed by atoms with van der Waals surface area (Å²) in [7, 11) is 0. The second kappa shape index (κ2) is 7.49. The average Bonchev–Trinajstić information content (AvgIpc) is 2.97. The third-order valence-electron chi connectivity index (χ3n) is 3.90. The Bertz CT molecular complexity index is 839. The zero-order valence-electron chi connectivity index (χ0n) is 13.6. The van der Waals surface area contributed by atoms with E-state index in [9.17, 15) is 4.79 Å². The zero-order chi connectivity index (χ0) is 16.9. The number of fused-ring (bicyclic) bond motifs is 1. The van der Waals surface area contributed by atoms with Crippen molar-refractivity contribution in [3.8, 4) is 0 Å². The van der Waals surface area contributed by atoms with Crippen molar-refractivity contribution < 1.29 is 4.79 Å². The number of rotatable bonds is 6. The zero-order valence-corrected chi connectivity index (χ0v) is 14.4. The summed E-state index contributed by atoms with van der Waals surface area (Å²) in [5, 5.41) is 3.67. The van der Waals surface area contributed by atoms with Gasteiger partial charge in [-0.25, -0.2) is 4.98 Å². The van der Waals surface area contributed by atoms with Crippen LogP contribution in [0.5, 0.6) is 0 Å². The highest BCUT2D eigenvalue weighted by atomic mass is 35.5. The lowest BCUT2D eigenvalue weighted by Gasteiger charge is -2.04. The third kappa shape index (κ3) is 4.36. The quantitative estimate of drug-likeness (QED) is 0.738. The maximum absolute atomic E-state index is 12.0. The molecule has 1 N–H and O–H groups in total. The fourth-order valence-electron chi connectivity index (χ4n) is 2.62. The summed E-state index contributed by atoms with van der Waals surface area (Å²) in [6.45, 7) is 2.50. The van der Waals surface area contributed by atoms with Crippen LogP contribution in [0, 0.1) is 6.92 Å². The lowest BCUT2D eigenvalue weighted by molar-refractivity contribution is -0.121. The maximum Gasteiger partial charge on any atom is 0.220 e. The van der Waals surface area contributed by atoms with Gasteiger partial charge >= 0.3 is 0 Å². The minimum Gasteiger partial charge on any atom is -0.350 e. The van der Waals surface area contributed by atoms with Crippen LogP contribution in [-0.2, 0) is 17.8 Å². The van der Waals surface area contributed by atoms with Gasteiger partial charge in [-0.3, -0.25) is 4.79 Å². The largest absolute Gasteiger partial charge is 0.350 e. The molecule has 1 amide bonds. The summed E-state index contributed by atoms with van der Waals surface area (Å²) in [4.78, 5) is 16.5. The van der Waals surface area contributed by atoms with Crippen LogP contribution in [-0.4, -0.2) is 15.3 Å². The predicted octanol–water partition coefficient (Wildman–Crippen LogP) is 3.94. The second-order valence-corrected chi connectivity index (χ2v) is 6.40. The number of aryl methyl sites for hydroxylation is 2. The van der Waals surface area contributed by atoms with Crippen LogP contribution >= 0.6 is 11.6 Å². The first-order chi connectivity index (χ1) is 11.6. The van der Waals surface area contributed by atoms with Crippen LogP contribution in [0.1, 0.15) is 29.7 Å². The van der Waals surface area contributed by atoms with Crippen molar-refractivity contribution in [1.82, 2.24) is 14.7 Å². The minimum atomic E-state index is 0.0530. The highest BCUT2D eigenvalue weighted by Crippen LogP contribution is 2.12. The molecule has 0 radical (unpaired) electrons. The highest BCUT2D eigenvalue weighted by molar-refractivity contribution is 6.30. The lowest BCUT2D eigenvalue weighted by Crippen LogP contribution is -2.22. The first kappa shape index (κ1) is 16.5. The van der Waals surface area contributed by atoms with Crippen molar-refractivity contribution in [2.75, 3.05) is 0 Å². The van der Waals surface area contributed by atoms with Crippen molar-refractivity contribution >= 4 is 23.2 Å². The number of nitrogens with one attached hydrogen (secondary N) is 1. The Morgan fingerprint density at radius 1 is 1.17 bits per heavy atom. The van der Waals surface area contributed by atoms with Crippen LogP contribution in [0.2, 0.25) is 5.02 Å². The van der Waals surface area contributed by atoms with E-state index in [1.807, 2.05) is 60.1 Å². The van der Waals surface area contributed by atoms with E-state index >= 15 is 0 Å². The number of amides is 1. The number of carbonyl (C=O) groups is 1. The molecule has 0 atom stereocenters. The summed E-state index contributed by atoms with van der Waals surface area (Å²) in [5.74, 6) is 0.0530. The van der Waals surface area contributed by atoms with Gasteiger partial charge in [-0.05, 0) is 49.1 Å². The Morgan fingerprint density at radius 2 is 1.96 bits per heavy atom. The first-order valence-corrected chi connectivity index (χ1v) is 8.43. The molecule has 0 fully saturated rings. The molecule has 0 aliphatic heterocycles. The Balaban J connectivity index is 1.45. The van der Waals surface area contributed by atoms with Gasteiger partial charge in [-0.2, -0.15) is 0 Å². The number of pyridine rings is 1. The summed E-state index contributed by atoms with van der Waals surface area (Å²) >= 11 is 5.86. The van der Waals surface area contributed by atoms with E-state index in [4.69, 9.17) is 11.6 Å². The number of imidazole rings is 1. The van der Waals surface area contributed by atoms with Gasteiger partial charge in [0.2, 0.25) is 5.91 Å². The second-order valence-electron chi connectivity index (χ2n) is 5.96. The van der Waals surface area contributed by atoms with Gasteiger partial charge in [0.05, 0.1) is 12.2 Å². The number of halogens is 1. The molecule has 3 aromatic rings. The van der Waals surface area contributed by atoms with Gasteiger partial charge in [0.15, 0.2) is 0 Å². The summed E-state index contributed by atoms with van der Waals surface area (Å²) in [6.07, 6.45) is 6.18. The highest BCUT2D eigenvalue weighted by Gasteiger charge is 2.05. The molecule has 5 heteroatoms. The number of aromatic nitrogens is 2. The van der Waals surface area contributed by atoms with E-state index in [1.165, 1.54) is 11.1 Å². The Morgan fingerprint density at radius 3 is 2.75 bits per heavy atom. The van der Waals surface area contributed by atoms with E-state index in [1.54, 1.807) is 0 Å². The molecule has 4 nitrogen and oxygen atoms in total. The van der Waals surface area contributed by atoms with Gasteiger partial charge < -0.3 is 9.72 Å². The van der Waals surface area contributed by atoms with Crippen molar-refractivity contribution in [1.29, 1.82) is 0 Å². The third-order valence-corrected chi connectivity index (χ3v) is 4.15. The molecule has 0 saturated heterocycles. The van der Waals surface area contributed by atoms with Crippen LogP contribution in [0.3, 0.4) is 0 Å². The minimum absolute atomic E-state index is 0.0530. The standard InChI is InChI=1S/C19H20ClN3O/c1-14-5-10-18-22-17(13-23(18)12-14)11-21-19(24)4-2-3-15-6-8-16(20)9-7-15/h5-10,12-13H,2-4,11H2,1H3,(H,21,24). The van der Waals surface area contributed by atoms with Gasteiger partial charge in [0, 0.05) is 23.8 Å². The number of hydrogen-bond acceptors (Lipinski definition) is 2. The Kier molecular flexibility index (Phi) is 5.16. The van der Waals surface area contributed by atoms with Crippen LogP contribution in [0.15, 0.2) is 48.8 Å². The van der Waals surface area contributed by atoms with E-state index < -0.39 is 0 Å². The molecule has 124 valence electrons. The molecule has 0 aliphatic carbocycles. The Hall–Kier alpha value is -2.33. The van der Waals surface area contributed by atoms with Gasteiger partial charge in [0.25, 0.3) is 0 Å². The predicted molar refractivity (Wildman–Crippen MR) is 96.2 cm³/mol. The summed E-state index contributed by atoms with van der Waals surface area (Å²) in [6, 6.07) is 11.8. The van der Waals surface area contributed by atoms with Crippen molar-refractivity contribution in [2.45, 2.75) is 32.7 Å². The summed E-state index contributed by atoms with van der Waals surface area (Å²) < 4.78 is 1.98. The van der Waals surface area contributed by atoms with Gasteiger partial charge in [-0.15, -0.1) is 0 Å². The molecular weight excluding hydrogens is 322 g/mol. The smallest absolute Gasteiger partial charge is 0.220 e. The molecule has 3 rings (SSSR count). The first-order valence-electron chi connectivity index (χ1n) is 8.05. The molecule has 0 saturated carbocycles. The topological polar surface area (TPSA) is 46.4 Å². The molecule has 0 bridgehead atoms. The van der Waals surface area contributed by atoms with Gasteiger partial charge in [0.1, 0.15) is 5.65 Å². The van der Waals surface area contributed by atoms with Crippen LogP contribution < -0.4 is 5.32 Å². The maximum atomic E-state index is 12.0. The van der Waals surface area contributed by atoms with Crippen molar-refractivity contribution in [3.05, 3.63) is 70.6 Å². The number of carbonyl (C=O) groups excluding carboxylic acids is 1. The molecule has 24 heavy (non-hydrogen) atoms. The number of nitrogens with zero attached hydrogens (tertiary/aromatic N) is 2. The number of benzene rings is 1. The SMILES string of the molecule is Cc1ccc2nc(CNC(=O)CCCc3ccc(Cl)cc3)cn2c1. The van der Waals surface area contributed by atoms with E-state index in [0.29, 0.717) is 13.0 Å². The molecular formula is C19H20ClN3O. The molecule has 2 aromatic heterocycles. The van der Waals surface area contributed by atoms with Gasteiger partial charge in [-0.1, -0.05) is 29.8 Å². The van der Waals surface area contributed by atoms with Crippen LogP contribution in [0.4, 0.5) is 0 Å². The normalized spacial score (nSPS) is 10.9. The molecule has 0 spiro atoms. The van der Waals surface area contributed by atoms with Crippen molar-refractivity contribution in [2.24, 2.45) is 0 Å². The Labute approximate surface area is 146 Å². The molecule has 2 heterocycles. The molecule has 0 aliphatic rings. The number of hydrogen-bond donors (Lipinski definition) is 1. The lowest BCUT2D eigenvalue weighted by atomic mass is 10.1. The monoisotopic (exact) mass is 341 g/mol. The van der Waals surface area contributed by atoms with Crippen LogP contribution in [0.25, 0.3) is 5.65 Å². The molecule has 1 aromatic carbocycles. The molecule has 0 unspecified atom stereocenters. The van der Waals surface area contributed by atoms with E-state index in [2.05, 4.69) is 10.3 Å². The fourth-order valence-corrected chi connectivity index (χ4v) is 2.75. The van der Waals surface area contributed by atoms with E-state index in [-0.39, 0.29) is 5.91 Å². The average molecular weight is 342 g/mol.